The third-order valence-corrected chi connectivity index (χ3v) is 4.19. The summed E-state index contributed by atoms with van der Waals surface area (Å²) in [5.74, 6) is 2.11. The van der Waals surface area contributed by atoms with E-state index in [-0.39, 0.29) is 5.91 Å². The molecule has 2 heterocycles. The Morgan fingerprint density at radius 1 is 1.19 bits per heavy atom. The Morgan fingerprint density at radius 2 is 2.00 bits per heavy atom. The van der Waals surface area contributed by atoms with Crippen LogP contribution in [0.1, 0.15) is 11.4 Å². The van der Waals surface area contributed by atoms with Crippen LogP contribution in [0.2, 0.25) is 0 Å². The van der Waals surface area contributed by atoms with Crippen LogP contribution in [0.4, 0.5) is 0 Å². The highest BCUT2D eigenvalue weighted by molar-refractivity contribution is 5.91. The molecule has 0 fully saturated rings. The maximum atomic E-state index is 12.4. The minimum atomic E-state index is -0.0969. The first-order chi connectivity index (χ1) is 12.7. The second kappa shape index (κ2) is 6.92. The van der Waals surface area contributed by atoms with Crippen molar-refractivity contribution in [3.8, 4) is 11.5 Å². The van der Waals surface area contributed by atoms with Crippen molar-refractivity contribution >= 4 is 23.0 Å². The van der Waals surface area contributed by atoms with Crippen molar-refractivity contribution in [2.75, 3.05) is 20.3 Å². The molecule has 0 unspecified atom stereocenters. The molecule has 0 radical (unpaired) electrons. The molecular weight excluding hydrogens is 330 g/mol. The van der Waals surface area contributed by atoms with E-state index in [1.54, 1.807) is 24.1 Å². The molecule has 0 bridgehead atoms. The Bertz CT molecular complexity index is 944. The predicted molar refractivity (Wildman–Crippen MR) is 99.0 cm³/mol. The Labute approximate surface area is 151 Å². The van der Waals surface area contributed by atoms with Crippen LogP contribution < -0.4 is 9.47 Å². The van der Waals surface area contributed by atoms with E-state index in [9.17, 15) is 4.79 Å². The smallest absolute Gasteiger partial charge is 0.246 e. The van der Waals surface area contributed by atoms with Crippen LogP contribution in [-0.4, -0.2) is 41.0 Å². The lowest BCUT2D eigenvalue weighted by atomic mass is 10.2. The van der Waals surface area contributed by atoms with Crippen molar-refractivity contribution in [1.29, 1.82) is 0 Å². The number of benzene rings is 2. The van der Waals surface area contributed by atoms with Crippen molar-refractivity contribution in [2.45, 2.75) is 6.54 Å². The first kappa shape index (κ1) is 16.2. The maximum absolute atomic E-state index is 12.4. The van der Waals surface area contributed by atoms with E-state index < -0.39 is 0 Å². The number of H-pyrrole nitrogens is 1. The number of hydrogen-bond donors (Lipinski definition) is 1. The summed E-state index contributed by atoms with van der Waals surface area (Å²) in [5.41, 5.74) is 2.75. The second-order valence-corrected chi connectivity index (χ2v) is 6.13. The second-order valence-electron chi connectivity index (χ2n) is 6.13. The summed E-state index contributed by atoms with van der Waals surface area (Å²) in [6.45, 7) is 1.52. The third kappa shape index (κ3) is 3.39. The van der Waals surface area contributed by atoms with Gasteiger partial charge in [0, 0.05) is 13.1 Å². The van der Waals surface area contributed by atoms with Gasteiger partial charge in [-0.15, -0.1) is 0 Å². The third-order valence-electron chi connectivity index (χ3n) is 4.19. The van der Waals surface area contributed by atoms with Gasteiger partial charge in [0.1, 0.15) is 19.0 Å². The van der Waals surface area contributed by atoms with Crippen LogP contribution in [-0.2, 0) is 11.3 Å². The number of nitrogens with one attached hydrogen (secondary N) is 1. The van der Waals surface area contributed by atoms with Gasteiger partial charge < -0.3 is 19.4 Å². The van der Waals surface area contributed by atoms with Crippen LogP contribution in [0.5, 0.6) is 11.5 Å². The molecule has 1 aromatic heterocycles. The summed E-state index contributed by atoms with van der Waals surface area (Å²) >= 11 is 0. The summed E-state index contributed by atoms with van der Waals surface area (Å²) < 4.78 is 11.1. The monoisotopic (exact) mass is 349 g/mol. The fourth-order valence-electron chi connectivity index (χ4n) is 2.84. The van der Waals surface area contributed by atoms with Crippen molar-refractivity contribution in [3.05, 3.63) is 59.9 Å². The van der Waals surface area contributed by atoms with Gasteiger partial charge in [-0.05, 0) is 35.9 Å². The van der Waals surface area contributed by atoms with Gasteiger partial charge in [-0.2, -0.15) is 0 Å². The topological polar surface area (TPSA) is 67.5 Å². The fraction of sp³-hybridized carbons (Fsp3) is 0.200. The van der Waals surface area contributed by atoms with Crippen molar-refractivity contribution in [2.24, 2.45) is 0 Å². The van der Waals surface area contributed by atoms with E-state index in [4.69, 9.17) is 9.47 Å². The number of carbonyl (C=O) groups excluding carboxylic acids is 1. The summed E-state index contributed by atoms with van der Waals surface area (Å²) in [6, 6.07) is 13.4. The van der Waals surface area contributed by atoms with Crippen molar-refractivity contribution < 1.29 is 14.3 Å². The van der Waals surface area contributed by atoms with Gasteiger partial charge in [0.05, 0.1) is 17.6 Å². The number of aromatic amines is 1. The summed E-state index contributed by atoms with van der Waals surface area (Å²) in [6.07, 6.45) is 3.32. The lowest BCUT2D eigenvalue weighted by Gasteiger charge is -2.18. The number of nitrogens with zero attached hydrogens (tertiary/aromatic N) is 2. The fourth-order valence-corrected chi connectivity index (χ4v) is 2.84. The first-order valence-electron chi connectivity index (χ1n) is 8.45. The van der Waals surface area contributed by atoms with E-state index in [1.807, 2.05) is 42.5 Å². The minimum Gasteiger partial charge on any atom is -0.486 e. The normalized spacial score (nSPS) is 13.3. The summed E-state index contributed by atoms with van der Waals surface area (Å²) in [4.78, 5) is 21.7. The number of carbonyl (C=O) groups is 1. The molecule has 1 N–H and O–H groups in total. The van der Waals surface area contributed by atoms with Gasteiger partial charge in [0.2, 0.25) is 5.91 Å². The highest BCUT2D eigenvalue weighted by Gasteiger charge is 2.12. The molecule has 0 saturated heterocycles. The Kier molecular flexibility index (Phi) is 4.31. The average Bonchev–Trinajstić information content (AvgIpc) is 3.08. The molecular formula is C20H19N3O3. The zero-order chi connectivity index (χ0) is 17.9. The van der Waals surface area contributed by atoms with E-state index in [2.05, 4.69) is 9.97 Å². The van der Waals surface area contributed by atoms with Crippen LogP contribution >= 0.6 is 0 Å². The van der Waals surface area contributed by atoms with Crippen LogP contribution in [0.15, 0.2) is 48.5 Å². The molecule has 0 saturated carbocycles. The summed E-state index contributed by atoms with van der Waals surface area (Å²) in [5, 5.41) is 0. The zero-order valence-corrected chi connectivity index (χ0v) is 14.4. The zero-order valence-electron chi connectivity index (χ0n) is 14.4. The lowest BCUT2D eigenvalue weighted by molar-refractivity contribution is -0.125. The van der Waals surface area contributed by atoms with Gasteiger partial charge in [0.25, 0.3) is 0 Å². The van der Waals surface area contributed by atoms with E-state index in [0.717, 1.165) is 28.2 Å². The minimum absolute atomic E-state index is 0.0969. The number of ether oxygens (including phenoxy) is 2. The molecule has 26 heavy (non-hydrogen) atoms. The number of aromatic nitrogens is 2. The van der Waals surface area contributed by atoms with Gasteiger partial charge in [-0.25, -0.2) is 4.98 Å². The van der Waals surface area contributed by atoms with Crippen molar-refractivity contribution in [1.82, 2.24) is 14.9 Å². The average molecular weight is 349 g/mol. The predicted octanol–water partition coefficient (Wildman–Crippen LogP) is 3.01. The Hall–Kier alpha value is -3.28. The van der Waals surface area contributed by atoms with Crippen LogP contribution in [0.25, 0.3) is 17.1 Å². The number of amides is 1. The standard InChI is InChI=1S/C20H19N3O3/c1-23(13-19-21-15-4-2-3-5-16(15)22-19)20(24)9-7-14-6-8-17-18(12-14)26-11-10-25-17/h2-9,12H,10-11,13H2,1H3,(H,21,22). The molecule has 2 aromatic carbocycles. The molecule has 3 aromatic rings. The molecule has 0 atom stereocenters. The number of hydrogen-bond acceptors (Lipinski definition) is 4. The Balaban J connectivity index is 1.42. The molecule has 0 spiro atoms. The van der Waals surface area contributed by atoms with E-state index in [1.165, 1.54) is 0 Å². The van der Waals surface area contributed by atoms with E-state index >= 15 is 0 Å². The van der Waals surface area contributed by atoms with Gasteiger partial charge >= 0.3 is 0 Å². The Morgan fingerprint density at radius 3 is 2.85 bits per heavy atom. The molecule has 0 aliphatic carbocycles. The molecule has 132 valence electrons. The quantitative estimate of drug-likeness (QED) is 0.735. The number of para-hydroxylation sites is 2. The van der Waals surface area contributed by atoms with Crippen LogP contribution in [0, 0.1) is 0 Å². The molecule has 6 heteroatoms. The first-order valence-corrected chi connectivity index (χ1v) is 8.45. The van der Waals surface area contributed by atoms with Crippen molar-refractivity contribution in [3.63, 3.8) is 0 Å². The molecule has 4 rings (SSSR count). The van der Waals surface area contributed by atoms with Gasteiger partial charge in [0.15, 0.2) is 11.5 Å². The number of fused-ring (bicyclic) bond motifs is 2. The highest BCUT2D eigenvalue weighted by Crippen LogP contribution is 2.31. The highest BCUT2D eigenvalue weighted by atomic mass is 16.6. The van der Waals surface area contributed by atoms with Gasteiger partial charge in [-0.1, -0.05) is 18.2 Å². The van der Waals surface area contributed by atoms with Gasteiger partial charge in [-0.3, -0.25) is 4.79 Å². The molecule has 1 aliphatic heterocycles. The SMILES string of the molecule is CN(Cc1nc2ccccc2[nH]1)C(=O)C=Cc1ccc2c(c1)OCCO2. The largest absolute Gasteiger partial charge is 0.486 e. The lowest BCUT2D eigenvalue weighted by Crippen LogP contribution is -2.24. The maximum Gasteiger partial charge on any atom is 0.246 e. The molecule has 1 aliphatic rings. The molecule has 1 amide bonds. The number of rotatable bonds is 4. The number of imidazole rings is 1. The molecule has 6 nitrogen and oxygen atoms in total. The number of likely N-dealkylation sites (N-methyl/N-ethyl adjacent to an activating group) is 1. The van der Waals surface area contributed by atoms with Crippen LogP contribution in [0.3, 0.4) is 0 Å². The summed E-state index contributed by atoms with van der Waals surface area (Å²) in [7, 11) is 1.75. The van der Waals surface area contributed by atoms with E-state index in [0.29, 0.717) is 25.5 Å².